The summed E-state index contributed by atoms with van der Waals surface area (Å²) in [6.45, 7) is -1.49. The summed E-state index contributed by atoms with van der Waals surface area (Å²) in [5.74, 6) is -0.804. The highest BCUT2D eigenvalue weighted by Crippen LogP contribution is 2.28. The van der Waals surface area contributed by atoms with E-state index in [1.807, 2.05) is 0 Å². The second kappa shape index (κ2) is 4.20. The van der Waals surface area contributed by atoms with Crippen LogP contribution < -0.4 is 4.74 Å². The molecule has 0 unspecified atom stereocenters. The van der Waals surface area contributed by atoms with Crippen molar-refractivity contribution in [2.24, 2.45) is 0 Å². The number of ether oxygens (including phenoxy) is 1. The number of halogens is 3. The Morgan fingerprint density at radius 1 is 1.40 bits per heavy atom. The minimum Gasteiger partial charge on any atom is -0.504 e. The quantitative estimate of drug-likeness (QED) is 0.794. The van der Waals surface area contributed by atoms with Crippen LogP contribution in [0, 0.1) is 0 Å². The fourth-order valence-electron chi connectivity index (χ4n) is 0.889. The maximum atomic E-state index is 11.8. The van der Waals surface area contributed by atoms with E-state index in [4.69, 9.17) is 5.11 Å². The van der Waals surface area contributed by atoms with Gasteiger partial charge in [0.15, 0.2) is 18.1 Å². The van der Waals surface area contributed by atoms with Gasteiger partial charge < -0.3 is 9.84 Å². The molecule has 0 atom stereocenters. The van der Waals surface area contributed by atoms with Crippen LogP contribution in [0.2, 0.25) is 0 Å². The van der Waals surface area contributed by atoms with Crippen LogP contribution in [0.3, 0.4) is 0 Å². The molecule has 1 aromatic carbocycles. The third kappa shape index (κ3) is 3.49. The Kier molecular flexibility index (Phi) is 3.18. The molecule has 0 radical (unpaired) electrons. The molecule has 3 nitrogen and oxygen atoms in total. The molecule has 1 rings (SSSR count). The van der Waals surface area contributed by atoms with Crippen LogP contribution in [-0.4, -0.2) is 24.2 Å². The molecule has 1 aromatic rings. The first-order valence-corrected chi connectivity index (χ1v) is 3.90. The molecule has 0 heterocycles. The zero-order valence-corrected chi connectivity index (χ0v) is 7.41. The van der Waals surface area contributed by atoms with E-state index in [9.17, 15) is 18.0 Å². The third-order valence-electron chi connectivity index (χ3n) is 1.51. The first-order valence-electron chi connectivity index (χ1n) is 3.90. The zero-order valence-electron chi connectivity index (χ0n) is 7.41. The Morgan fingerprint density at radius 2 is 2.07 bits per heavy atom. The van der Waals surface area contributed by atoms with Crippen molar-refractivity contribution >= 4 is 6.29 Å². The maximum absolute atomic E-state index is 11.8. The van der Waals surface area contributed by atoms with Crippen molar-refractivity contribution in [3.63, 3.8) is 0 Å². The van der Waals surface area contributed by atoms with E-state index in [1.165, 1.54) is 6.07 Å². The molecule has 0 aromatic heterocycles. The number of benzene rings is 1. The van der Waals surface area contributed by atoms with Gasteiger partial charge in [-0.2, -0.15) is 13.2 Å². The average molecular weight is 220 g/mol. The number of rotatable bonds is 3. The van der Waals surface area contributed by atoms with Gasteiger partial charge in [-0.3, -0.25) is 4.79 Å². The molecular formula is C9H7F3O3. The number of hydrogen-bond donors (Lipinski definition) is 1. The SMILES string of the molecule is O=Cc1ccc(OCC(F)(F)F)c(O)c1. The fourth-order valence-corrected chi connectivity index (χ4v) is 0.889. The average Bonchev–Trinajstić information content (AvgIpc) is 2.14. The number of hydrogen-bond acceptors (Lipinski definition) is 3. The van der Waals surface area contributed by atoms with Crippen LogP contribution in [-0.2, 0) is 0 Å². The van der Waals surface area contributed by atoms with Gasteiger partial charge in [-0.25, -0.2) is 0 Å². The van der Waals surface area contributed by atoms with Crippen LogP contribution >= 0.6 is 0 Å². The van der Waals surface area contributed by atoms with Crippen molar-refractivity contribution in [1.29, 1.82) is 0 Å². The topological polar surface area (TPSA) is 46.5 Å². The van der Waals surface area contributed by atoms with E-state index in [-0.39, 0.29) is 11.3 Å². The minimum absolute atomic E-state index is 0.159. The monoisotopic (exact) mass is 220 g/mol. The normalized spacial score (nSPS) is 11.1. The molecule has 0 spiro atoms. The molecule has 0 aliphatic rings. The number of aldehydes is 1. The molecule has 6 heteroatoms. The Hall–Kier alpha value is -1.72. The van der Waals surface area contributed by atoms with Gasteiger partial charge in [0, 0.05) is 5.56 Å². The van der Waals surface area contributed by atoms with Gasteiger partial charge in [-0.15, -0.1) is 0 Å². The smallest absolute Gasteiger partial charge is 0.422 e. The molecule has 0 amide bonds. The van der Waals surface area contributed by atoms with Crippen molar-refractivity contribution in [3.05, 3.63) is 23.8 Å². The van der Waals surface area contributed by atoms with E-state index in [2.05, 4.69) is 4.74 Å². The van der Waals surface area contributed by atoms with E-state index < -0.39 is 18.5 Å². The van der Waals surface area contributed by atoms with E-state index in [0.717, 1.165) is 12.1 Å². The van der Waals surface area contributed by atoms with E-state index >= 15 is 0 Å². The van der Waals surface area contributed by atoms with Gasteiger partial charge in [0.05, 0.1) is 0 Å². The molecule has 0 bridgehead atoms. The zero-order chi connectivity index (χ0) is 11.5. The highest BCUT2D eigenvalue weighted by molar-refractivity contribution is 5.76. The van der Waals surface area contributed by atoms with Gasteiger partial charge >= 0.3 is 6.18 Å². The van der Waals surface area contributed by atoms with Gasteiger partial charge in [0.2, 0.25) is 0 Å². The van der Waals surface area contributed by atoms with Gasteiger partial charge in [0.1, 0.15) is 6.29 Å². The number of carbonyl (C=O) groups excluding carboxylic acids is 1. The summed E-state index contributed by atoms with van der Waals surface area (Å²) in [5, 5.41) is 9.17. The van der Waals surface area contributed by atoms with Crippen LogP contribution in [0.5, 0.6) is 11.5 Å². The number of alkyl halides is 3. The minimum atomic E-state index is -4.46. The van der Waals surface area contributed by atoms with Gasteiger partial charge in [-0.05, 0) is 18.2 Å². The number of aromatic hydroxyl groups is 1. The first kappa shape index (κ1) is 11.4. The van der Waals surface area contributed by atoms with Crippen molar-refractivity contribution < 1.29 is 27.8 Å². The molecular weight excluding hydrogens is 213 g/mol. The summed E-state index contributed by atoms with van der Waals surface area (Å²) >= 11 is 0. The second-order valence-electron chi connectivity index (χ2n) is 2.75. The molecule has 0 saturated carbocycles. The Labute approximate surface area is 83.1 Å². The summed E-state index contributed by atoms with van der Waals surface area (Å²) in [7, 11) is 0. The standard InChI is InChI=1S/C9H7F3O3/c10-9(11,12)5-15-8-2-1-6(4-13)3-7(8)14/h1-4,14H,5H2. The van der Waals surface area contributed by atoms with Crippen molar-refractivity contribution in [2.75, 3.05) is 6.61 Å². The first-order chi connectivity index (χ1) is 6.92. The predicted octanol–water partition coefficient (Wildman–Crippen LogP) is 2.15. The Bertz CT molecular complexity index is 360. The van der Waals surface area contributed by atoms with Crippen LogP contribution in [0.15, 0.2) is 18.2 Å². The van der Waals surface area contributed by atoms with Crippen LogP contribution in [0.4, 0.5) is 13.2 Å². The maximum Gasteiger partial charge on any atom is 0.422 e. The van der Waals surface area contributed by atoms with E-state index in [0.29, 0.717) is 6.29 Å². The molecule has 82 valence electrons. The number of phenols is 1. The molecule has 0 aliphatic heterocycles. The van der Waals surface area contributed by atoms with Crippen LogP contribution in [0.25, 0.3) is 0 Å². The van der Waals surface area contributed by atoms with Gasteiger partial charge in [0.25, 0.3) is 0 Å². The van der Waals surface area contributed by atoms with Gasteiger partial charge in [-0.1, -0.05) is 0 Å². The van der Waals surface area contributed by atoms with E-state index in [1.54, 1.807) is 0 Å². The molecule has 0 aliphatic carbocycles. The fraction of sp³-hybridized carbons (Fsp3) is 0.222. The van der Waals surface area contributed by atoms with Crippen molar-refractivity contribution in [2.45, 2.75) is 6.18 Å². The highest BCUT2D eigenvalue weighted by atomic mass is 19.4. The summed E-state index contributed by atoms with van der Waals surface area (Å²) in [6.07, 6.45) is -4.00. The summed E-state index contributed by atoms with van der Waals surface area (Å²) in [6, 6.07) is 3.38. The molecule has 1 N–H and O–H groups in total. The predicted molar refractivity (Wildman–Crippen MR) is 45.0 cm³/mol. The Balaban J connectivity index is 2.74. The summed E-state index contributed by atoms with van der Waals surface area (Å²) in [5.41, 5.74) is 0.159. The lowest BCUT2D eigenvalue weighted by atomic mass is 10.2. The summed E-state index contributed by atoms with van der Waals surface area (Å²) < 4.78 is 39.6. The molecule has 15 heavy (non-hydrogen) atoms. The van der Waals surface area contributed by atoms with Crippen LogP contribution in [0.1, 0.15) is 10.4 Å². The third-order valence-corrected chi connectivity index (χ3v) is 1.51. The lowest BCUT2D eigenvalue weighted by Crippen LogP contribution is -2.19. The largest absolute Gasteiger partial charge is 0.504 e. The lowest BCUT2D eigenvalue weighted by Gasteiger charge is -2.10. The highest BCUT2D eigenvalue weighted by Gasteiger charge is 2.28. The molecule has 0 saturated heterocycles. The molecule has 0 fully saturated rings. The lowest BCUT2D eigenvalue weighted by molar-refractivity contribution is -0.153. The second-order valence-corrected chi connectivity index (χ2v) is 2.75. The Morgan fingerprint density at radius 3 is 2.53 bits per heavy atom. The summed E-state index contributed by atoms with van der Waals surface area (Å²) in [4.78, 5) is 10.3. The number of carbonyl (C=O) groups is 1. The van der Waals surface area contributed by atoms with Crippen molar-refractivity contribution in [1.82, 2.24) is 0 Å². The van der Waals surface area contributed by atoms with Crippen molar-refractivity contribution in [3.8, 4) is 11.5 Å². The number of phenolic OH excluding ortho intramolecular Hbond substituents is 1.